The fourth-order valence-electron chi connectivity index (χ4n) is 2.31. The average molecular weight is 267 g/mol. The van der Waals surface area contributed by atoms with Crippen LogP contribution in [0.5, 0.6) is 5.75 Å². The fraction of sp³-hybridized carbons (Fsp3) is 0.333. The SMILES string of the molecule is CCC(N)c1cccc(-c2cccc(OC3CC3)c2)c1. The quantitative estimate of drug-likeness (QED) is 0.876. The molecule has 20 heavy (non-hydrogen) atoms. The lowest BCUT2D eigenvalue weighted by Crippen LogP contribution is -2.08. The van der Waals surface area contributed by atoms with Gasteiger partial charge >= 0.3 is 0 Å². The maximum atomic E-state index is 6.12. The minimum absolute atomic E-state index is 0.112. The molecule has 2 aromatic carbocycles. The molecular formula is C18H21NO. The molecule has 0 heterocycles. The van der Waals surface area contributed by atoms with Crippen molar-refractivity contribution in [2.75, 3.05) is 0 Å². The molecule has 1 aliphatic carbocycles. The van der Waals surface area contributed by atoms with Gasteiger partial charge in [-0.1, -0.05) is 37.3 Å². The van der Waals surface area contributed by atoms with Crippen molar-refractivity contribution in [3.8, 4) is 16.9 Å². The summed E-state index contributed by atoms with van der Waals surface area (Å²) >= 11 is 0. The zero-order valence-electron chi connectivity index (χ0n) is 11.9. The lowest BCUT2D eigenvalue weighted by atomic mass is 9.99. The van der Waals surface area contributed by atoms with Gasteiger partial charge in [-0.25, -0.2) is 0 Å². The van der Waals surface area contributed by atoms with Crippen LogP contribution >= 0.6 is 0 Å². The zero-order chi connectivity index (χ0) is 13.9. The first-order valence-electron chi connectivity index (χ1n) is 7.39. The highest BCUT2D eigenvalue weighted by molar-refractivity contribution is 5.66. The van der Waals surface area contributed by atoms with Gasteiger partial charge in [-0.15, -0.1) is 0 Å². The maximum absolute atomic E-state index is 6.12. The van der Waals surface area contributed by atoms with E-state index in [1.165, 1.54) is 29.5 Å². The lowest BCUT2D eigenvalue weighted by molar-refractivity contribution is 0.303. The van der Waals surface area contributed by atoms with Crippen molar-refractivity contribution in [3.05, 3.63) is 54.1 Å². The van der Waals surface area contributed by atoms with E-state index in [0.717, 1.165) is 12.2 Å². The highest BCUT2D eigenvalue weighted by Crippen LogP contribution is 2.30. The summed E-state index contributed by atoms with van der Waals surface area (Å²) in [5.74, 6) is 0.968. The largest absolute Gasteiger partial charge is 0.490 e. The van der Waals surface area contributed by atoms with Crippen LogP contribution in [-0.2, 0) is 0 Å². The van der Waals surface area contributed by atoms with Gasteiger partial charge in [-0.05, 0) is 54.2 Å². The van der Waals surface area contributed by atoms with Crippen LogP contribution in [0, 0.1) is 0 Å². The van der Waals surface area contributed by atoms with Gasteiger partial charge in [0, 0.05) is 6.04 Å². The Bertz CT molecular complexity index is 589. The van der Waals surface area contributed by atoms with E-state index in [1.807, 2.05) is 6.07 Å². The summed E-state index contributed by atoms with van der Waals surface area (Å²) in [4.78, 5) is 0. The molecule has 0 saturated heterocycles. The van der Waals surface area contributed by atoms with E-state index in [-0.39, 0.29) is 6.04 Å². The van der Waals surface area contributed by atoms with Gasteiger partial charge in [-0.3, -0.25) is 0 Å². The summed E-state index contributed by atoms with van der Waals surface area (Å²) < 4.78 is 5.86. The van der Waals surface area contributed by atoms with Crippen LogP contribution in [0.3, 0.4) is 0 Å². The van der Waals surface area contributed by atoms with Crippen molar-refractivity contribution in [3.63, 3.8) is 0 Å². The van der Waals surface area contributed by atoms with E-state index in [9.17, 15) is 0 Å². The molecule has 0 radical (unpaired) electrons. The molecule has 1 atom stereocenters. The first-order chi connectivity index (χ1) is 9.76. The second kappa shape index (κ2) is 5.68. The van der Waals surface area contributed by atoms with E-state index < -0.39 is 0 Å². The third kappa shape index (κ3) is 3.02. The first kappa shape index (κ1) is 13.2. The van der Waals surface area contributed by atoms with Gasteiger partial charge in [0.1, 0.15) is 5.75 Å². The summed E-state index contributed by atoms with van der Waals surface area (Å²) in [5, 5.41) is 0. The predicted molar refractivity (Wildman–Crippen MR) is 82.7 cm³/mol. The summed E-state index contributed by atoms with van der Waals surface area (Å²) in [6.07, 6.45) is 3.76. The molecule has 0 bridgehead atoms. The zero-order valence-corrected chi connectivity index (χ0v) is 11.9. The molecule has 2 aromatic rings. The van der Waals surface area contributed by atoms with E-state index in [4.69, 9.17) is 10.5 Å². The Morgan fingerprint density at radius 3 is 2.50 bits per heavy atom. The van der Waals surface area contributed by atoms with Crippen molar-refractivity contribution in [1.29, 1.82) is 0 Å². The second-order valence-corrected chi connectivity index (χ2v) is 5.49. The standard InChI is InChI=1S/C18H21NO/c1-2-18(19)15-7-3-5-13(11-15)14-6-4-8-17(12-14)20-16-9-10-16/h3-8,11-12,16,18H,2,9-10,19H2,1H3. The molecule has 2 N–H and O–H groups in total. The Hall–Kier alpha value is -1.80. The van der Waals surface area contributed by atoms with Crippen LogP contribution in [0.15, 0.2) is 48.5 Å². The Balaban J connectivity index is 1.87. The number of nitrogens with two attached hydrogens (primary N) is 1. The van der Waals surface area contributed by atoms with E-state index in [0.29, 0.717) is 6.10 Å². The third-order valence-electron chi connectivity index (χ3n) is 3.75. The number of rotatable bonds is 5. The monoisotopic (exact) mass is 267 g/mol. The van der Waals surface area contributed by atoms with E-state index >= 15 is 0 Å². The molecule has 0 aromatic heterocycles. The second-order valence-electron chi connectivity index (χ2n) is 5.49. The summed E-state index contributed by atoms with van der Waals surface area (Å²) in [5.41, 5.74) is 9.70. The van der Waals surface area contributed by atoms with Crippen molar-refractivity contribution >= 4 is 0 Å². The number of benzene rings is 2. The van der Waals surface area contributed by atoms with Crippen LogP contribution in [0.25, 0.3) is 11.1 Å². The van der Waals surface area contributed by atoms with Crippen molar-refractivity contribution in [1.82, 2.24) is 0 Å². The third-order valence-corrected chi connectivity index (χ3v) is 3.75. The van der Waals surface area contributed by atoms with Crippen molar-refractivity contribution < 1.29 is 4.74 Å². The molecule has 1 saturated carbocycles. The van der Waals surface area contributed by atoms with Gasteiger partial charge in [0.15, 0.2) is 0 Å². The van der Waals surface area contributed by atoms with E-state index in [1.54, 1.807) is 0 Å². The van der Waals surface area contributed by atoms with Crippen LogP contribution in [0.4, 0.5) is 0 Å². The molecule has 0 spiro atoms. The molecular weight excluding hydrogens is 246 g/mol. The van der Waals surface area contributed by atoms with E-state index in [2.05, 4.69) is 49.4 Å². The van der Waals surface area contributed by atoms with Crippen LogP contribution < -0.4 is 10.5 Å². The summed E-state index contributed by atoms with van der Waals surface area (Å²) in [6, 6.07) is 16.9. The molecule has 0 amide bonds. The topological polar surface area (TPSA) is 35.2 Å². The maximum Gasteiger partial charge on any atom is 0.120 e. The number of hydrogen-bond acceptors (Lipinski definition) is 2. The highest BCUT2D eigenvalue weighted by Gasteiger charge is 2.23. The molecule has 2 heteroatoms. The fourth-order valence-corrected chi connectivity index (χ4v) is 2.31. The molecule has 104 valence electrons. The molecule has 2 nitrogen and oxygen atoms in total. The minimum Gasteiger partial charge on any atom is -0.490 e. The van der Waals surface area contributed by atoms with Gasteiger partial charge in [0.05, 0.1) is 6.10 Å². The average Bonchev–Trinajstić information content (AvgIpc) is 3.31. The molecule has 3 rings (SSSR count). The molecule has 1 unspecified atom stereocenters. The van der Waals surface area contributed by atoms with Crippen LogP contribution in [0.2, 0.25) is 0 Å². The Labute approximate surface area is 120 Å². The predicted octanol–water partition coefficient (Wildman–Crippen LogP) is 4.30. The van der Waals surface area contributed by atoms with Gasteiger partial charge in [0.2, 0.25) is 0 Å². The number of ether oxygens (including phenoxy) is 1. The summed E-state index contributed by atoms with van der Waals surface area (Å²) in [6.45, 7) is 2.11. The Morgan fingerprint density at radius 2 is 1.80 bits per heavy atom. The minimum atomic E-state index is 0.112. The van der Waals surface area contributed by atoms with Crippen molar-refractivity contribution in [2.24, 2.45) is 5.73 Å². The van der Waals surface area contributed by atoms with Gasteiger partial charge < -0.3 is 10.5 Å². The number of hydrogen-bond donors (Lipinski definition) is 1. The van der Waals surface area contributed by atoms with Crippen LogP contribution in [0.1, 0.15) is 37.8 Å². The van der Waals surface area contributed by atoms with Crippen molar-refractivity contribution in [2.45, 2.75) is 38.3 Å². The summed E-state index contributed by atoms with van der Waals surface area (Å²) in [7, 11) is 0. The van der Waals surface area contributed by atoms with Crippen LogP contribution in [-0.4, -0.2) is 6.10 Å². The highest BCUT2D eigenvalue weighted by atomic mass is 16.5. The first-order valence-corrected chi connectivity index (χ1v) is 7.39. The lowest BCUT2D eigenvalue weighted by Gasteiger charge is -2.12. The molecule has 0 aliphatic heterocycles. The Morgan fingerprint density at radius 1 is 1.10 bits per heavy atom. The smallest absolute Gasteiger partial charge is 0.120 e. The normalized spacial score (nSPS) is 15.9. The molecule has 1 fully saturated rings. The molecule has 1 aliphatic rings. The Kier molecular flexibility index (Phi) is 3.75. The van der Waals surface area contributed by atoms with Gasteiger partial charge in [0.25, 0.3) is 0 Å². The van der Waals surface area contributed by atoms with Gasteiger partial charge in [-0.2, -0.15) is 0 Å².